The van der Waals surface area contributed by atoms with E-state index in [-0.39, 0.29) is 0 Å². The van der Waals surface area contributed by atoms with Crippen LogP contribution < -0.4 is 14.8 Å². The molecule has 3 nitrogen and oxygen atoms in total. The van der Waals surface area contributed by atoms with Gasteiger partial charge in [-0.2, -0.15) is 0 Å². The fourth-order valence-corrected chi connectivity index (χ4v) is 2.38. The van der Waals surface area contributed by atoms with Crippen molar-refractivity contribution in [2.75, 3.05) is 14.2 Å². The Morgan fingerprint density at radius 2 is 1.90 bits per heavy atom. The van der Waals surface area contributed by atoms with E-state index in [9.17, 15) is 0 Å². The van der Waals surface area contributed by atoms with Gasteiger partial charge in [-0.3, -0.25) is 0 Å². The van der Waals surface area contributed by atoms with Gasteiger partial charge in [0.2, 0.25) is 0 Å². The van der Waals surface area contributed by atoms with Gasteiger partial charge in [-0.25, -0.2) is 0 Å². The minimum atomic E-state index is 0.513. The van der Waals surface area contributed by atoms with Crippen LogP contribution in [0.25, 0.3) is 0 Å². The summed E-state index contributed by atoms with van der Waals surface area (Å²) in [6, 6.07) is 14.0. The third kappa shape index (κ3) is 3.99. The highest BCUT2D eigenvalue weighted by atomic mass is 79.9. The van der Waals surface area contributed by atoms with Gasteiger partial charge in [0.25, 0.3) is 0 Å². The van der Waals surface area contributed by atoms with Gasteiger partial charge in [0.05, 0.1) is 7.11 Å². The molecule has 0 saturated heterocycles. The van der Waals surface area contributed by atoms with Gasteiger partial charge in [0, 0.05) is 11.0 Å². The van der Waals surface area contributed by atoms with Crippen molar-refractivity contribution in [3.8, 4) is 11.5 Å². The van der Waals surface area contributed by atoms with Crippen molar-refractivity contribution in [1.29, 1.82) is 0 Å². The second-order valence-electron chi connectivity index (χ2n) is 4.43. The van der Waals surface area contributed by atoms with Crippen molar-refractivity contribution in [3.05, 3.63) is 58.1 Å². The third-order valence-electron chi connectivity index (χ3n) is 2.89. The van der Waals surface area contributed by atoms with Crippen LogP contribution in [0.4, 0.5) is 0 Å². The molecule has 4 heteroatoms. The lowest BCUT2D eigenvalue weighted by molar-refractivity contribution is 0.284. The highest BCUT2D eigenvalue weighted by molar-refractivity contribution is 9.10. The zero-order valence-corrected chi connectivity index (χ0v) is 13.2. The van der Waals surface area contributed by atoms with Crippen LogP contribution in [0.1, 0.15) is 11.1 Å². The minimum absolute atomic E-state index is 0.513. The molecular weight excluding hydrogens is 318 g/mol. The van der Waals surface area contributed by atoms with Gasteiger partial charge in [-0.05, 0) is 42.4 Å². The summed E-state index contributed by atoms with van der Waals surface area (Å²) in [6.07, 6.45) is 0. The zero-order valence-electron chi connectivity index (χ0n) is 11.7. The van der Waals surface area contributed by atoms with E-state index in [0.29, 0.717) is 6.61 Å². The summed E-state index contributed by atoms with van der Waals surface area (Å²) in [4.78, 5) is 0. The first kappa shape index (κ1) is 14.9. The molecule has 2 aromatic carbocycles. The largest absolute Gasteiger partial charge is 0.493 e. The molecule has 0 aromatic heterocycles. The Kier molecular flexibility index (Phi) is 5.44. The van der Waals surface area contributed by atoms with Crippen LogP contribution in [0, 0.1) is 0 Å². The van der Waals surface area contributed by atoms with Gasteiger partial charge >= 0.3 is 0 Å². The molecule has 0 heterocycles. The lowest BCUT2D eigenvalue weighted by Crippen LogP contribution is -2.05. The number of benzene rings is 2. The first-order valence-electron chi connectivity index (χ1n) is 6.41. The smallest absolute Gasteiger partial charge is 0.161 e. The molecule has 0 atom stereocenters. The molecule has 0 bridgehead atoms. The van der Waals surface area contributed by atoms with E-state index in [4.69, 9.17) is 9.47 Å². The second kappa shape index (κ2) is 7.31. The first-order chi connectivity index (χ1) is 9.72. The Morgan fingerprint density at radius 3 is 2.60 bits per heavy atom. The van der Waals surface area contributed by atoms with Crippen molar-refractivity contribution < 1.29 is 9.47 Å². The van der Waals surface area contributed by atoms with Gasteiger partial charge in [-0.15, -0.1) is 0 Å². The van der Waals surface area contributed by atoms with E-state index >= 15 is 0 Å². The molecule has 0 spiro atoms. The lowest BCUT2D eigenvalue weighted by atomic mass is 10.2. The Hall–Kier alpha value is -1.52. The number of ether oxygens (including phenoxy) is 2. The van der Waals surface area contributed by atoms with Crippen molar-refractivity contribution in [1.82, 2.24) is 5.32 Å². The zero-order chi connectivity index (χ0) is 14.4. The first-order valence-corrected chi connectivity index (χ1v) is 7.21. The average Bonchev–Trinajstić information content (AvgIpc) is 2.46. The maximum Gasteiger partial charge on any atom is 0.161 e. The number of halogens is 1. The Balaban J connectivity index is 2.12. The molecule has 0 aliphatic rings. The topological polar surface area (TPSA) is 30.5 Å². The van der Waals surface area contributed by atoms with Crippen molar-refractivity contribution in [3.63, 3.8) is 0 Å². The standard InChI is InChI=1S/C16H18BrNO2/c1-18-10-12-6-7-15(19-2)16(9-12)20-11-13-4-3-5-14(17)8-13/h3-9,18H,10-11H2,1-2H3. The van der Waals surface area contributed by atoms with E-state index in [1.54, 1.807) is 7.11 Å². The minimum Gasteiger partial charge on any atom is -0.493 e. The predicted molar refractivity (Wildman–Crippen MR) is 84.2 cm³/mol. The number of rotatable bonds is 6. The maximum atomic E-state index is 5.88. The summed E-state index contributed by atoms with van der Waals surface area (Å²) in [7, 11) is 3.57. The third-order valence-corrected chi connectivity index (χ3v) is 3.39. The van der Waals surface area contributed by atoms with Crippen LogP contribution in [0.5, 0.6) is 11.5 Å². The highest BCUT2D eigenvalue weighted by Gasteiger charge is 2.06. The molecule has 2 aromatic rings. The molecule has 0 aliphatic carbocycles. The number of hydrogen-bond acceptors (Lipinski definition) is 3. The van der Waals surface area contributed by atoms with E-state index in [1.807, 2.05) is 49.5 Å². The second-order valence-corrected chi connectivity index (χ2v) is 5.35. The lowest BCUT2D eigenvalue weighted by Gasteiger charge is -2.12. The van der Waals surface area contributed by atoms with Crippen molar-refractivity contribution in [2.45, 2.75) is 13.2 Å². The quantitative estimate of drug-likeness (QED) is 0.871. The van der Waals surface area contributed by atoms with Crippen LogP contribution in [-0.2, 0) is 13.2 Å². The van der Waals surface area contributed by atoms with Gasteiger partial charge in [0.1, 0.15) is 6.61 Å². The summed E-state index contributed by atoms with van der Waals surface area (Å²) >= 11 is 3.46. The Bertz CT molecular complexity index is 572. The maximum absolute atomic E-state index is 5.88. The van der Waals surface area contributed by atoms with E-state index in [0.717, 1.165) is 33.6 Å². The summed E-state index contributed by atoms with van der Waals surface area (Å²) < 4.78 is 12.3. The van der Waals surface area contributed by atoms with Crippen LogP contribution in [-0.4, -0.2) is 14.2 Å². The normalized spacial score (nSPS) is 10.3. The van der Waals surface area contributed by atoms with Crippen molar-refractivity contribution in [2.24, 2.45) is 0 Å². The SMILES string of the molecule is CNCc1ccc(OC)c(OCc2cccc(Br)c2)c1. The van der Waals surface area contributed by atoms with E-state index in [1.165, 1.54) is 0 Å². The van der Waals surface area contributed by atoms with Gasteiger partial charge < -0.3 is 14.8 Å². The molecule has 0 radical (unpaired) electrons. The predicted octanol–water partition coefficient (Wildman–Crippen LogP) is 3.76. The average molecular weight is 336 g/mol. The molecule has 0 saturated carbocycles. The number of methoxy groups -OCH3 is 1. The summed E-state index contributed by atoms with van der Waals surface area (Å²) in [5.74, 6) is 1.51. The summed E-state index contributed by atoms with van der Waals surface area (Å²) in [5.41, 5.74) is 2.28. The fraction of sp³-hybridized carbons (Fsp3) is 0.250. The number of nitrogens with one attached hydrogen (secondary N) is 1. The summed E-state index contributed by atoms with van der Waals surface area (Å²) in [6.45, 7) is 1.32. The van der Waals surface area contributed by atoms with Crippen LogP contribution in [0.3, 0.4) is 0 Å². The molecule has 2 rings (SSSR count). The molecule has 20 heavy (non-hydrogen) atoms. The number of hydrogen-bond donors (Lipinski definition) is 1. The van der Waals surface area contributed by atoms with E-state index < -0.39 is 0 Å². The molecule has 0 unspecified atom stereocenters. The highest BCUT2D eigenvalue weighted by Crippen LogP contribution is 2.29. The fourth-order valence-electron chi connectivity index (χ4n) is 1.94. The molecule has 0 fully saturated rings. The van der Waals surface area contributed by atoms with Gasteiger partial charge in [-0.1, -0.05) is 34.1 Å². The Morgan fingerprint density at radius 1 is 1.05 bits per heavy atom. The monoisotopic (exact) mass is 335 g/mol. The van der Waals surface area contributed by atoms with Crippen LogP contribution in [0.15, 0.2) is 46.9 Å². The molecular formula is C16H18BrNO2. The Labute approximate surface area is 128 Å². The molecule has 0 amide bonds. The molecule has 1 N–H and O–H groups in total. The molecule has 106 valence electrons. The van der Waals surface area contributed by atoms with Crippen LogP contribution in [0.2, 0.25) is 0 Å². The van der Waals surface area contributed by atoms with E-state index in [2.05, 4.69) is 21.2 Å². The van der Waals surface area contributed by atoms with Crippen molar-refractivity contribution >= 4 is 15.9 Å². The van der Waals surface area contributed by atoms with Crippen LogP contribution >= 0.6 is 15.9 Å². The summed E-state index contributed by atoms with van der Waals surface area (Å²) in [5, 5.41) is 3.13. The molecule has 0 aliphatic heterocycles. The van der Waals surface area contributed by atoms with Gasteiger partial charge in [0.15, 0.2) is 11.5 Å².